The van der Waals surface area contributed by atoms with Gasteiger partial charge in [-0.1, -0.05) is 26.4 Å². The van der Waals surface area contributed by atoms with Crippen LogP contribution in [0.1, 0.15) is 20.3 Å². The molecule has 2 atom stereocenters. The second-order valence-electron chi connectivity index (χ2n) is 3.30. The minimum atomic E-state index is 0. The molecule has 3 heteroatoms. The summed E-state index contributed by atoms with van der Waals surface area (Å²) < 4.78 is 5.22. The van der Waals surface area contributed by atoms with Gasteiger partial charge in [0.2, 0.25) is 0 Å². The van der Waals surface area contributed by atoms with E-state index in [0.717, 1.165) is 12.3 Å². The van der Waals surface area contributed by atoms with Crippen molar-refractivity contribution in [1.82, 2.24) is 0 Å². The van der Waals surface area contributed by atoms with Gasteiger partial charge in [-0.05, 0) is 0 Å². The van der Waals surface area contributed by atoms with Crippen LogP contribution in [-0.2, 0) is 4.74 Å². The van der Waals surface area contributed by atoms with Crippen LogP contribution in [0.2, 0.25) is 0 Å². The molecule has 0 aliphatic carbocycles. The first-order valence-corrected chi connectivity index (χ1v) is 4.14. The molecule has 0 radical (unpaired) electrons. The second kappa shape index (κ2) is 6.43. The molecule has 1 N–H and O–H groups in total. The molecule has 0 aromatic carbocycles. The Morgan fingerprint density at radius 3 is 2.83 bits per heavy atom. The summed E-state index contributed by atoms with van der Waals surface area (Å²) in [6.45, 7) is 6.95. The Morgan fingerprint density at radius 2 is 2.25 bits per heavy atom. The van der Waals surface area contributed by atoms with Gasteiger partial charge in [0.05, 0.1) is 0 Å². The third-order valence-corrected chi connectivity index (χ3v) is 2.56. The van der Waals surface area contributed by atoms with Gasteiger partial charge in [-0.3, -0.25) is 5.92 Å². The van der Waals surface area contributed by atoms with Crippen LogP contribution in [0, 0.1) is 55.5 Å². The molecule has 2 nitrogen and oxygen atoms in total. The summed E-state index contributed by atoms with van der Waals surface area (Å²) >= 11 is 0. The van der Waals surface area contributed by atoms with E-state index in [-0.39, 0.29) is 37.7 Å². The van der Waals surface area contributed by atoms with Gasteiger partial charge in [-0.2, -0.15) is 12.3 Å². The topological polar surface area (TPSA) is 29.5 Å². The molecule has 1 heterocycles. The minimum Gasteiger partial charge on any atom is -0.577 e. The number of rotatable bonds is 1. The van der Waals surface area contributed by atoms with Gasteiger partial charge in [0, 0.05) is 0 Å². The van der Waals surface area contributed by atoms with E-state index in [2.05, 4.69) is 13.8 Å². The maximum absolute atomic E-state index is 8.97. The predicted octanol–water partition coefficient (Wildman–Crippen LogP) is 1.41. The molecule has 0 saturated carbocycles. The number of hydrogen-bond acceptors (Lipinski definition) is 2. The Balaban J connectivity index is 0.00000121. The zero-order valence-electron chi connectivity index (χ0n) is 7.71. The Hall–Kier alpha value is 0.972. The van der Waals surface area contributed by atoms with Crippen molar-refractivity contribution in [3.05, 3.63) is 12.5 Å². The Bertz CT molecular complexity index is 119. The number of aliphatic hydroxyl groups excluding tert-OH is 1. The fraction of sp³-hybridized carbons (Fsp3) is 0.778. The van der Waals surface area contributed by atoms with E-state index in [0.29, 0.717) is 18.4 Å². The first-order valence-electron chi connectivity index (χ1n) is 4.14. The van der Waals surface area contributed by atoms with Crippen LogP contribution in [0.5, 0.6) is 0 Å². The maximum Gasteiger partial charge on any atom is 2.00 e. The van der Waals surface area contributed by atoms with E-state index in [9.17, 15) is 0 Å². The van der Waals surface area contributed by atoms with Gasteiger partial charge < -0.3 is 9.84 Å². The summed E-state index contributed by atoms with van der Waals surface area (Å²) in [5.41, 5.74) is 0. The summed E-state index contributed by atoms with van der Waals surface area (Å²) in [6, 6.07) is 0. The molecule has 0 bridgehead atoms. The minimum absolute atomic E-state index is 0. The number of aliphatic hydroxyl groups is 1. The molecule has 1 aliphatic rings. The van der Waals surface area contributed by atoms with Crippen LogP contribution < -0.4 is 0 Å². The summed E-state index contributed by atoms with van der Waals surface area (Å²) in [5, 5.41) is 8.97. The third-order valence-electron chi connectivity index (χ3n) is 2.56. The van der Waals surface area contributed by atoms with Crippen molar-refractivity contribution < 1.29 is 41.0 Å². The van der Waals surface area contributed by atoms with Crippen molar-refractivity contribution >= 4 is 0 Å². The van der Waals surface area contributed by atoms with Crippen LogP contribution in [0.25, 0.3) is 0 Å². The Labute approximate surface area is 98.4 Å². The first kappa shape index (κ1) is 13.0. The van der Waals surface area contributed by atoms with Crippen molar-refractivity contribution in [2.45, 2.75) is 20.3 Å². The summed E-state index contributed by atoms with van der Waals surface area (Å²) in [4.78, 5) is 0. The van der Waals surface area contributed by atoms with Gasteiger partial charge in [0.1, 0.15) is 0 Å². The Morgan fingerprint density at radius 1 is 1.58 bits per heavy atom. The van der Waals surface area contributed by atoms with E-state index in [4.69, 9.17) is 9.84 Å². The van der Waals surface area contributed by atoms with Gasteiger partial charge in [-0.25, -0.2) is 6.61 Å². The molecule has 1 aliphatic heterocycles. The van der Waals surface area contributed by atoms with Crippen LogP contribution in [-0.4, -0.2) is 18.3 Å². The molecule has 0 amide bonds. The molecule has 1 saturated heterocycles. The quantitative estimate of drug-likeness (QED) is 0.682. The largest absolute Gasteiger partial charge is 2.00 e. The van der Waals surface area contributed by atoms with Crippen molar-refractivity contribution in [1.29, 1.82) is 0 Å². The van der Waals surface area contributed by atoms with Crippen molar-refractivity contribution in [3.8, 4) is 0 Å². The Kier molecular flexibility index (Phi) is 6.95. The van der Waals surface area contributed by atoms with Gasteiger partial charge in [0.15, 0.2) is 0 Å². The predicted molar refractivity (Wildman–Crippen MR) is 43.5 cm³/mol. The third kappa shape index (κ3) is 3.38. The summed E-state index contributed by atoms with van der Waals surface area (Å²) in [6.07, 6.45) is 0.991. The SMILES string of the molecule is CC1C[CH-]OC[C-](CO)C1C.[U+2]. The molecule has 12 heavy (non-hydrogen) atoms. The molecular formula is C9H16O2U. The molecule has 2 unspecified atom stereocenters. The normalized spacial score (nSPS) is 32.2. The van der Waals surface area contributed by atoms with E-state index in [1.54, 1.807) is 0 Å². The van der Waals surface area contributed by atoms with Crippen LogP contribution in [0.4, 0.5) is 0 Å². The first-order chi connectivity index (χ1) is 5.25. The smallest absolute Gasteiger partial charge is 0.577 e. The van der Waals surface area contributed by atoms with Crippen LogP contribution in [0.15, 0.2) is 0 Å². The summed E-state index contributed by atoms with van der Waals surface area (Å²) in [7, 11) is 0. The van der Waals surface area contributed by atoms with Crippen molar-refractivity contribution in [2.75, 3.05) is 13.2 Å². The van der Waals surface area contributed by atoms with Crippen LogP contribution >= 0.6 is 0 Å². The van der Waals surface area contributed by atoms with Gasteiger partial charge in [-0.15, -0.1) is 6.61 Å². The molecule has 1 rings (SSSR count). The standard InChI is InChI=1S/C9H16O2.U/c1-7-3-4-11-6-9(5-10)8(7)2;/h4,7-8,10H,3,5-6H2,1-2H3;/q-2;+2. The molecule has 1 fully saturated rings. The summed E-state index contributed by atoms with van der Waals surface area (Å²) in [5.74, 6) is 2.20. The van der Waals surface area contributed by atoms with Gasteiger partial charge in [0.25, 0.3) is 0 Å². The second-order valence-corrected chi connectivity index (χ2v) is 3.30. The average Bonchev–Trinajstić information content (AvgIpc) is 2.16. The fourth-order valence-corrected chi connectivity index (χ4v) is 1.31. The van der Waals surface area contributed by atoms with Crippen LogP contribution in [0.3, 0.4) is 0 Å². The van der Waals surface area contributed by atoms with Gasteiger partial charge >= 0.3 is 31.1 Å². The van der Waals surface area contributed by atoms with Crippen molar-refractivity contribution in [2.24, 2.45) is 11.8 Å². The number of hydrogen-bond donors (Lipinski definition) is 1. The monoisotopic (exact) mass is 394 g/mol. The molecular weight excluding hydrogens is 378 g/mol. The average molecular weight is 394 g/mol. The fourth-order valence-electron chi connectivity index (χ4n) is 1.31. The van der Waals surface area contributed by atoms with E-state index >= 15 is 0 Å². The molecule has 0 aromatic rings. The molecule has 68 valence electrons. The zero-order chi connectivity index (χ0) is 8.27. The molecule has 0 aromatic heterocycles. The molecule has 0 spiro atoms. The zero-order valence-corrected chi connectivity index (χ0v) is 11.9. The maximum atomic E-state index is 8.97. The van der Waals surface area contributed by atoms with Crippen molar-refractivity contribution in [3.63, 3.8) is 0 Å². The van der Waals surface area contributed by atoms with E-state index in [1.807, 2.05) is 6.61 Å². The van der Waals surface area contributed by atoms with E-state index < -0.39 is 0 Å². The number of ether oxygens (including phenoxy) is 1. The van der Waals surface area contributed by atoms with E-state index in [1.165, 1.54) is 0 Å².